The molecule has 0 bridgehead atoms. The normalized spacial score (nSPS) is 14.8. The molecule has 0 spiro atoms. The number of aryl methyl sites for hydroxylation is 1. The molecule has 1 N–H and O–H groups in total. The monoisotopic (exact) mass is 342 g/mol. The number of anilines is 1. The third-order valence-electron chi connectivity index (χ3n) is 3.21. The lowest BCUT2D eigenvalue weighted by atomic mass is 10.3. The van der Waals surface area contributed by atoms with E-state index >= 15 is 0 Å². The maximum Gasteiger partial charge on any atom is 0.309 e. The molecule has 2 aromatic rings. The molecule has 0 atom stereocenters. The number of aromatic nitrogens is 1. The Balaban J connectivity index is 1.88. The Labute approximate surface area is 133 Å². The van der Waals surface area contributed by atoms with Gasteiger partial charge in [0.2, 0.25) is 0 Å². The zero-order chi connectivity index (χ0) is 15.7. The van der Waals surface area contributed by atoms with Crippen LogP contribution in [0.4, 0.5) is 6.01 Å². The molecular formula is C14H15ClN2O4S. The van der Waals surface area contributed by atoms with Crippen molar-refractivity contribution in [2.75, 3.05) is 11.3 Å². The Hall–Kier alpha value is -1.73. The number of oxazole rings is 1. The molecule has 1 saturated carbocycles. The van der Waals surface area contributed by atoms with Crippen LogP contribution in [-0.2, 0) is 10.0 Å². The quantitative estimate of drug-likeness (QED) is 0.871. The topological polar surface area (TPSA) is 81.4 Å². The van der Waals surface area contributed by atoms with E-state index in [1.165, 1.54) is 12.3 Å². The van der Waals surface area contributed by atoms with Crippen molar-refractivity contribution < 1.29 is 17.6 Å². The minimum absolute atomic E-state index is 0.0310. The number of benzene rings is 1. The van der Waals surface area contributed by atoms with Crippen molar-refractivity contribution in [3.8, 4) is 5.75 Å². The summed E-state index contributed by atoms with van der Waals surface area (Å²) in [5.41, 5.74) is 0. The largest absolute Gasteiger partial charge is 0.492 e. The fourth-order valence-electron chi connectivity index (χ4n) is 1.88. The van der Waals surface area contributed by atoms with Crippen molar-refractivity contribution in [1.29, 1.82) is 0 Å². The Kier molecular flexibility index (Phi) is 4.01. The second-order valence-corrected chi connectivity index (χ2v) is 7.31. The summed E-state index contributed by atoms with van der Waals surface area (Å²) in [5.74, 6) is 1.29. The predicted molar refractivity (Wildman–Crippen MR) is 81.7 cm³/mol. The van der Waals surface area contributed by atoms with Crippen LogP contribution in [0.5, 0.6) is 5.75 Å². The number of hydrogen-bond acceptors (Lipinski definition) is 5. The molecule has 1 aromatic heterocycles. The lowest BCUT2D eigenvalue weighted by Gasteiger charge is -2.12. The molecule has 0 radical (unpaired) electrons. The van der Waals surface area contributed by atoms with E-state index in [2.05, 4.69) is 9.71 Å². The molecule has 0 unspecified atom stereocenters. The summed E-state index contributed by atoms with van der Waals surface area (Å²) in [6.45, 7) is 2.18. The Morgan fingerprint density at radius 3 is 2.86 bits per heavy atom. The summed E-state index contributed by atoms with van der Waals surface area (Å²) >= 11 is 5.92. The molecular weight excluding hydrogens is 328 g/mol. The van der Waals surface area contributed by atoms with Crippen LogP contribution in [0.25, 0.3) is 0 Å². The van der Waals surface area contributed by atoms with E-state index in [-0.39, 0.29) is 16.7 Å². The smallest absolute Gasteiger partial charge is 0.309 e. The van der Waals surface area contributed by atoms with Gasteiger partial charge in [-0.3, -0.25) is 0 Å². The summed E-state index contributed by atoms with van der Waals surface area (Å²) in [6, 6.07) is 4.41. The van der Waals surface area contributed by atoms with E-state index in [1.54, 1.807) is 19.1 Å². The molecule has 1 aliphatic rings. The molecule has 0 amide bonds. The first kappa shape index (κ1) is 15.2. The van der Waals surface area contributed by atoms with E-state index in [9.17, 15) is 8.42 Å². The fourth-order valence-corrected chi connectivity index (χ4v) is 3.22. The Morgan fingerprint density at radius 2 is 2.23 bits per heavy atom. The van der Waals surface area contributed by atoms with E-state index in [4.69, 9.17) is 20.8 Å². The molecule has 22 heavy (non-hydrogen) atoms. The van der Waals surface area contributed by atoms with Gasteiger partial charge in [0.1, 0.15) is 16.4 Å². The summed E-state index contributed by atoms with van der Waals surface area (Å²) < 4.78 is 38.0. The average Bonchev–Trinajstić information content (AvgIpc) is 3.20. The summed E-state index contributed by atoms with van der Waals surface area (Å²) in [5, 5.41) is 0.308. The number of nitrogens with one attached hydrogen (secondary N) is 1. The lowest BCUT2D eigenvalue weighted by molar-refractivity contribution is 0.292. The van der Waals surface area contributed by atoms with Crippen molar-refractivity contribution in [3.05, 3.63) is 35.2 Å². The van der Waals surface area contributed by atoms with Gasteiger partial charge in [0.15, 0.2) is 0 Å². The number of nitrogens with zero attached hydrogens (tertiary/aromatic N) is 1. The van der Waals surface area contributed by atoms with Crippen LogP contribution in [0, 0.1) is 12.8 Å². The van der Waals surface area contributed by atoms with Gasteiger partial charge in [-0.05, 0) is 43.9 Å². The minimum atomic E-state index is -3.90. The van der Waals surface area contributed by atoms with Gasteiger partial charge in [0.25, 0.3) is 10.0 Å². The highest BCUT2D eigenvalue weighted by Crippen LogP contribution is 2.33. The Bertz CT molecular complexity index is 784. The highest BCUT2D eigenvalue weighted by molar-refractivity contribution is 7.92. The maximum absolute atomic E-state index is 12.5. The van der Waals surface area contributed by atoms with Gasteiger partial charge >= 0.3 is 6.01 Å². The zero-order valence-electron chi connectivity index (χ0n) is 11.9. The summed E-state index contributed by atoms with van der Waals surface area (Å²) in [6.07, 6.45) is 3.66. The second kappa shape index (κ2) is 5.81. The van der Waals surface area contributed by atoms with Gasteiger partial charge in [-0.25, -0.2) is 18.1 Å². The molecule has 1 fully saturated rings. The molecule has 118 valence electrons. The van der Waals surface area contributed by atoms with Crippen molar-refractivity contribution in [2.45, 2.75) is 24.7 Å². The summed E-state index contributed by atoms with van der Waals surface area (Å²) in [7, 11) is -3.90. The van der Waals surface area contributed by atoms with E-state index in [0.717, 1.165) is 12.8 Å². The van der Waals surface area contributed by atoms with Crippen LogP contribution in [-0.4, -0.2) is 20.0 Å². The molecule has 8 heteroatoms. The first-order chi connectivity index (χ1) is 10.4. The first-order valence-electron chi connectivity index (χ1n) is 6.81. The third kappa shape index (κ3) is 3.53. The number of sulfonamides is 1. The number of hydrogen-bond donors (Lipinski definition) is 1. The molecule has 0 saturated heterocycles. The molecule has 3 rings (SSSR count). The van der Waals surface area contributed by atoms with E-state index in [1.807, 2.05) is 0 Å². The molecule has 1 aliphatic carbocycles. The highest BCUT2D eigenvalue weighted by atomic mass is 35.5. The van der Waals surface area contributed by atoms with Gasteiger partial charge in [0.05, 0.1) is 12.8 Å². The fraction of sp³-hybridized carbons (Fsp3) is 0.357. The average molecular weight is 343 g/mol. The van der Waals surface area contributed by atoms with Gasteiger partial charge in [-0.15, -0.1) is 0 Å². The predicted octanol–water partition coefficient (Wildman–Crippen LogP) is 3.23. The van der Waals surface area contributed by atoms with Crippen LogP contribution in [0.1, 0.15) is 18.6 Å². The SMILES string of the molecule is Cc1cnc(NS(=O)(=O)c2cc(Cl)ccc2OCC2CC2)o1. The maximum atomic E-state index is 12.5. The Morgan fingerprint density at radius 1 is 1.45 bits per heavy atom. The molecule has 0 aliphatic heterocycles. The standard InChI is InChI=1S/C14H15ClN2O4S/c1-9-7-16-14(21-9)17-22(18,19)13-6-11(15)4-5-12(13)20-8-10-2-3-10/h4-7,10H,2-3,8H2,1H3,(H,16,17). The van der Waals surface area contributed by atoms with E-state index < -0.39 is 10.0 Å². The second-order valence-electron chi connectivity index (χ2n) is 5.23. The van der Waals surface area contributed by atoms with Gasteiger partial charge in [0, 0.05) is 5.02 Å². The lowest BCUT2D eigenvalue weighted by Crippen LogP contribution is -2.15. The minimum Gasteiger partial charge on any atom is -0.492 e. The van der Waals surface area contributed by atoms with E-state index in [0.29, 0.717) is 23.3 Å². The number of halogens is 1. The number of ether oxygens (including phenoxy) is 1. The molecule has 6 nitrogen and oxygen atoms in total. The van der Waals surface area contributed by atoms with Gasteiger partial charge in [-0.1, -0.05) is 11.6 Å². The zero-order valence-corrected chi connectivity index (χ0v) is 13.4. The highest BCUT2D eigenvalue weighted by Gasteiger charge is 2.26. The molecule has 1 aromatic carbocycles. The van der Waals surface area contributed by atoms with Gasteiger partial charge in [-0.2, -0.15) is 0 Å². The molecule has 1 heterocycles. The van der Waals surface area contributed by atoms with Crippen molar-refractivity contribution in [1.82, 2.24) is 4.98 Å². The van der Waals surface area contributed by atoms with Crippen LogP contribution in [0.15, 0.2) is 33.7 Å². The van der Waals surface area contributed by atoms with Crippen LogP contribution >= 0.6 is 11.6 Å². The van der Waals surface area contributed by atoms with Crippen molar-refractivity contribution >= 4 is 27.6 Å². The van der Waals surface area contributed by atoms with Crippen molar-refractivity contribution in [3.63, 3.8) is 0 Å². The van der Waals surface area contributed by atoms with Crippen LogP contribution in [0.2, 0.25) is 5.02 Å². The summed E-state index contributed by atoms with van der Waals surface area (Å²) in [4.78, 5) is 3.80. The van der Waals surface area contributed by atoms with Crippen LogP contribution in [0.3, 0.4) is 0 Å². The van der Waals surface area contributed by atoms with Crippen LogP contribution < -0.4 is 9.46 Å². The number of rotatable bonds is 6. The third-order valence-corrected chi connectivity index (χ3v) is 4.79. The van der Waals surface area contributed by atoms with Gasteiger partial charge < -0.3 is 9.15 Å². The first-order valence-corrected chi connectivity index (χ1v) is 8.68. The van der Waals surface area contributed by atoms with Crippen molar-refractivity contribution in [2.24, 2.45) is 5.92 Å².